The van der Waals surface area contributed by atoms with E-state index in [0.717, 1.165) is 19.6 Å². The number of ether oxygens (including phenoxy) is 4. The van der Waals surface area contributed by atoms with Crippen LogP contribution in [-0.4, -0.2) is 119 Å². The molecule has 2 aromatic carbocycles. The van der Waals surface area contributed by atoms with Crippen LogP contribution in [0, 0.1) is 18.3 Å². The monoisotopic (exact) mass is 1300 g/mol. The van der Waals surface area contributed by atoms with Gasteiger partial charge in [-0.3, -0.25) is 4.79 Å². The lowest BCUT2D eigenvalue weighted by Gasteiger charge is -2.23. The van der Waals surface area contributed by atoms with E-state index in [1.807, 2.05) is 58.5 Å². The number of benzene rings is 2. The number of carboxylic acids is 1. The highest BCUT2D eigenvalue weighted by molar-refractivity contribution is 6.59. The number of nitrogens with zero attached hydrogens (tertiary/aromatic N) is 1. The second-order valence-corrected chi connectivity index (χ2v) is 15.0. The SMILES string of the molecule is C.C.C.C.C.C.C.C.C.C.C.C.C.C.C.C.C.C/C=C/C(=O)O.CC#N.CCC.CCC.CCC.CCC.CCNC(=O)OC.CCO[Si](C)(OCC)OCC.CCc1ccccc1.CNC(=O)OC.CO.COC.COC(C)=O.Cc1ccccc1. The number of hydrogen-bond acceptors (Lipinski definition) is 13. The lowest BCUT2D eigenvalue weighted by Crippen LogP contribution is -2.42. The molecule has 0 unspecified atom stereocenters. The number of hydrogen-bond donors (Lipinski definition) is 4. The molecule has 0 radical (unpaired) electrons. The van der Waals surface area contributed by atoms with Crippen molar-refractivity contribution in [1.29, 1.82) is 5.26 Å². The summed E-state index contributed by atoms with van der Waals surface area (Å²) in [5, 5.41) is 26.8. The van der Waals surface area contributed by atoms with Gasteiger partial charge in [0, 0.05) is 81.2 Å². The molecule has 0 saturated carbocycles. The first-order chi connectivity index (χ1) is 33.1. The molecular weight excluding hydrogens is 1120 g/mol. The Morgan fingerprint density at radius 2 is 0.759 bits per heavy atom. The molecule has 0 aliphatic carbocycles. The maximum absolute atomic E-state index is 10.1. The number of aliphatic hydroxyl groups excluding tert-OH is 1. The van der Waals surface area contributed by atoms with Crippen molar-refractivity contribution in [2.75, 3.05) is 76.1 Å². The fraction of sp³-hybridized carbons (Fsp3) is 0.729. The topological polar surface area (TPSA) is 221 Å². The minimum atomic E-state index is -2.25. The molecule has 87 heavy (non-hydrogen) atoms. The van der Waals surface area contributed by atoms with Crippen LogP contribution in [-0.2, 0) is 48.2 Å². The van der Waals surface area contributed by atoms with Crippen LogP contribution in [0.3, 0.4) is 0 Å². The first kappa shape index (κ1) is 192. The number of nitrogens with one attached hydrogen (secondary N) is 2. The van der Waals surface area contributed by atoms with Gasteiger partial charge in [0.2, 0.25) is 0 Å². The van der Waals surface area contributed by atoms with Crippen molar-refractivity contribution in [3.63, 3.8) is 0 Å². The lowest BCUT2D eigenvalue weighted by atomic mass is 10.2. The first-order valence-electron chi connectivity index (χ1n) is 23.8. The van der Waals surface area contributed by atoms with Crippen molar-refractivity contribution < 1.29 is 61.6 Å². The standard InChI is InChI=1S/C8H10.C7H18O3Si.C7H8.C4H9NO2.C4H6O2.C3H7NO2.C3H6O2.4C3H8.C2H3N.C2H6O.CH4O.17CH4/c1-2-8-6-4-3-5-7-8;1-5-8-11(4,9-6-2)10-7-3;1-7-5-3-2-4-6-7;1-3-5-4(6)7-2;1-2-3-4(5)6;1-4-3(5)6-2;1-3(4)5-2;4*1-3-2;1-2-3;1-3-2;1-2;;;;;;;;;;;;;;;;;/h3-7H,2H2,1H3;5-7H2,1-4H3;2-6H,1H3;3H2,1-2H3,(H,5,6);2-3H,1H3,(H,5,6);1-2H3,(H,4,5);1-2H3;4*3H2,1-2H3;1H3;1-2H3;2H,1H3;17*1H4/b;;;;3-2+;;;;;;;;;;;;;;;;;;;;;;;;;;. The van der Waals surface area contributed by atoms with E-state index in [0.29, 0.717) is 26.4 Å². The van der Waals surface area contributed by atoms with Gasteiger partial charge in [-0.2, -0.15) is 5.26 Å². The van der Waals surface area contributed by atoms with Crippen molar-refractivity contribution in [2.24, 2.45) is 0 Å². The minimum absolute atomic E-state index is 0. The number of aryl methyl sites for hydroxylation is 2. The molecule has 2 aromatic rings. The number of aliphatic carboxylic acids is 1. The third-order valence-corrected chi connectivity index (χ3v) is 7.34. The van der Waals surface area contributed by atoms with Gasteiger partial charge in [0.15, 0.2) is 0 Å². The Hall–Kier alpha value is -4.83. The van der Waals surface area contributed by atoms with Crippen LogP contribution in [0.2, 0.25) is 6.55 Å². The molecule has 0 spiro atoms. The van der Waals surface area contributed by atoms with Gasteiger partial charge in [-0.05, 0) is 53.5 Å². The number of esters is 1. The van der Waals surface area contributed by atoms with Gasteiger partial charge in [-0.1, -0.05) is 287 Å². The van der Waals surface area contributed by atoms with Crippen LogP contribution in [0.1, 0.15) is 274 Å². The average molecular weight is 1300 g/mol. The minimum Gasteiger partial charge on any atom is -0.478 e. The zero-order chi connectivity index (χ0) is 57.9. The zero-order valence-electron chi connectivity index (χ0n) is 49.1. The molecule has 2 rings (SSSR count). The molecule has 0 bridgehead atoms. The lowest BCUT2D eigenvalue weighted by molar-refractivity contribution is -0.138. The maximum Gasteiger partial charge on any atom is 0.497 e. The molecule has 0 atom stereocenters. The van der Waals surface area contributed by atoms with Gasteiger partial charge in [-0.15, -0.1) is 0 Å². The fourth-order valence-corrected chi connectivity index (χ4v) is 4.44. The summed E-state index contributed by atoms with van der Waals surface area (Å²) in [6.45, 7) is 37.9. The van der Waals surface area contributed by atoms with Gasteiger partial charge < -0.3 is 53.1 Å². The molecule has 4 N–H and O–H groups in total. The highest BCUT2D eigenvalue weighted by Gasteiger charge is 2.33. The molecule has 2 amide bonds. The molecule has 0 fully saturated rings. The highest BCUT2D eigenvalue weighted by Crippen LogP contribution is 2.08. The fourth-order valence-electron chi connectivity index (χ4n) is 2.62. The second-order valence-electron chi connectivity index (χ2n) is 12.4. The summed E-state index contributed by atoms with van der Waals surface area (Å²) in [6, 6.07) is 22.5. The van der Waals surface area contributed by atoms with Crippen LogP contribution in [0.25, 0.3) is 0 Å². The summed E-state index contributed by atoms with van der Waals surface area (Å²) in [4.78, 5) is 39.0. The smallest absolute Gasteiger partial charge is 0.478 e. The van der Waals surface area contributed by atoms with Crippen molar-refractivity contribution >= 4 is 32.9 Å². The summed E-state index contributed by atoms with van der Waals surface area (Å²) in [5.41, 5.74) is 2.73. The van der Waals surface area contributed by atoms with E-state index in [1.165, 1.54) is 85.1 Å². The van der Waals surface area contributed by atoms with Crippen molar-refractivity contribution in [3.8, 4) is 6.07 Å². The summed E-state index contributed by atoms with van der Waals surface area (Å²) in [7, 11) is 7.51. The molecule has 0 saturated heterocycles. The van der Waals surface area contributed by atoms with Crippen LogP contribution in [0.5, 0.6) is 0 Å². The molecule has 554 valence electrons. The number of alkyl carbamates (subject to hydrolysis) is 2. The number of amides is 2. The van der Waals surface area contributed by atoms with E-state index in [1.54, 1.807) is 27.2 Å². The third-order valence-electron chi connectivity index (χ3n) is 4.90. The molecule has 0 aliphatic heterocycles. The predicted octanol–water partition coefficient (Wildman–Crippen LogP) is 23.9. The largest absolute Gasteiger partial charge is 0.497 e. The van der Waals surface area contributed by atoms with Crippen molar-refractivity contribution in [2.45, 2.75) is 283 Å². The van der Waals surface area contributed by atoms with E-state index in [2.05, 4.69) is 135 Å². The Balaban J connectivity index is -0.0000000155. The molecule has 0 heterocycles. The van der Waals surface area contributed by atoms with E-state index in [4.69, 9.17) is 28.8 Å². The Morgan fingerprint density at radius 3 is 0.839 bits per heavy atom. The number of allylic oxidation sites excluding steroid dienone is 1. The molecule has 16 nitrogen and oxygen atoms in total. The van der Waals surface area contributed by atoms with Crippen molar-refractivity contribution in [1.82, 2.24) is 10.6 Å². The average Bonchev–Trinajstić information content (AvgIpc) is 3.33. The first-order valence-corrected chi connectivity index (χ1v) is 26.0. The van der Waals surface area contributed by atoms with E-state index in [9.17, 15) is 19.2 Å². The van der Waals surface area contributed by atoms with E-state index in [-0.39, 0.29) is 138 Å². The molecule has 0 aromatic heterocycles. The van der Waals surface area contributed by atoms with Gasteiger partial charge >= 0.3 is 32.9 Å². The number of carbonyl (C=O) groups is 4. The van der Waals surface area contributed by atoms with Gasteiger partial charge in [0.05, 0.1) is 27.4 Å². The molecular formula is C70H177N3O13Si. The van der Waals surface area contributed by atoms with Gasteiger partial charge in [0.25, 0.3) is 0 Å². The Kier molecular flexibility index (Phi) is 456. The highest BCUT2D eigenvalue weighted by atomic mass is 28.4. The number of aliphatic hydroxyl groups is 1. The summed E-state index contributed by atoms with van der Waals surface area (Å²) < 4.78 is 33.0. The molecule has 0 aliphatic rings. The van der Waals surface area contributed by atoms with Gasteiger partial charge in [0.1, 0.15) is 0 Å². The van der Waals surface area contributed by atoms with Gasteiger partial charge in [-0.25, -0.2) is 14.4 Å². The van der Waals surface area contributed by atoms with E-state index < -0.39 is 20.9 Å². The zero-order valence-corrected chi connectivity index (χ0v) is 50.1. The Labute approximate surface area is 556 Å². The number of nitriles is 1. The van der Waals surface area contributed by atoms with Crippen LogP contribution in [0.15, 0.2) is 72.8 Å². The Bertz CT molecular complexity index is 1230. The Morgan fingerprint density at radius 1 is 0.529 bits per heavy atom. The van der Waals surface area contributed by atoms with Crippen molar-refractivity contribution in [3.05, 3.63) is 83.9 Å². The van der Waals surface area contributed by atoms with Crippen LogP contribution < -0.4 is 10.6 Å². The maximum atomic E-state index is 10.1. The summed E-state index contributed by atoms with van der Waals surface area (Å²) in [6.07, 6.45) is 7.92. The second kappa shape index (κ2) is 207. The molecule has 17 heteroatoms. The number of carbonyl (C=O) groups excluding carboxylic acids is 3. The summed E-state index contributed by atoms with van der Waals surface area (Å²) >= 11 is 0. The van der Waals surface area contributed by atoms with E-state index >= 15 is 0 Å². The predicted molar refractivity (Wildman–Crippen MR) is 412 cm³/mol. The number of rotatable bonds is 9. The normalized spacial score (nSPS) is 6.40. The van der Waals surface area contributed by atoms with Crippen LogP contribution >= 0.6 is 0 Å². The van der Waals surface area contributed by atoms with Crippen LogP contribution in [0.4, 0.5) is 9.59 Å². The quantitative estimate of drug-likeness (QED) is 0.0794. The summed E-state index contributed by atoms with van der Waals surface area (Å²) in [5.74, 6) is -1.14. The number of methoxy groups -OCH3 is 4. The third kappa shape index (κ3) is 332. The number of carboxylic acid groups (broad SMARTS) is 1.